The first kappa shape index (κ1) is 20.1. The van der Waals surface area contributed by atoms with Gasteiger partial charge in [0.1, 0.15) is 11.5 Å². The highest BCUT2D eigenvalue weighted by Crippen LogP contribution is 2.32. The van der Waals surface area contributed by atoms with Gasteiger partial charge >= 0.3 is 0 Å². The van der Waals surface area contributed by atoms with Crippen LogP contribution in [0.2, 0.25) is 0 Å². The first-order valence-corrected chi connectivity index (χ1v) is 8.63. The van der Waals surface area contributed by atoms with Crippen LogP contribution in [0.3, 0.4) is 0 Å². The summed E-state index contributed by atoms with van der Waals surface area (Å²) >= 11 is 0. The van der Waals surface area contributed by atoms with Crippen molar-refractivity contribution >= 4 is 12.1 Å². The van der Waals surface area contributed by atoms with E-state index in [1.54, 1.807) is 18.3 Å². The highest BCUT2D eigenvalue weighted by molar-refractivity contribution is 5.78. The summed E-state index contributed by atoms with van der Waals surface area (Å²) in [7, 11) is 0. The lowest BCUT2D eigenvalue weighted by molar-refractivity contribution is -0.106. The minimum absolute atomic E-state index is 0.250. The van der Waals surface area contributed by atoms with Crippen LogP contribution in [0.25, 0.3) is 28.2 Å². The molecule has 9 heteroatoms. The second-order valence-corrected chi connectivity index (χ2v) is 6.17. The number of nitrogens with two attached hydrogens (primary N) is 1. The topological polar surface area (TPSA) is 78.2 Å². The van der Waals surface area contributed by atoms with Crippen LogP contribution in [0, 0.1) is 12.7 Å². The molecule has 0 aliphatic heterocycles. The molecule has 0 bridgehead atoms. The standard InChI is InChI=1S/C19H15F3N4.CH3NO/c1-12-8-23-17-7-4-14(9-26(12)17)19-18(13-2-5-15(20)6-3-13)24-11-25(19)10-16(21)22;2-1-3/h2-9,11,16H,10H2,1H3;1H,(H2,2,3). The Morgan fingerprint density at radius 2 is 1.76 bits per heavy atom. The quantitative estimate of drug-likeness (QED) is 0.530. The molecule has 0 fully saturated rings. The highest BCUT2D eigenvalue weighted by atomic mass is 19.3. The van der Waals surface area contributed by atoms with Gasteiger partial charge in [0.05, 0.1) is 24.3 Å². The summed E-state index contributed by atoms with van der Waals surface area (Å²) in [6, 6.07) is 9.50. The van der Waals surface area contributed by atoms with E-state index in [4.69, 9.17) is 4.79 Å². The molecule has 0 saturated carbocycles. The number of primary amides is 1. The van der Waals surface area contributed by atoms with Gasteiger partial charge in [-0.25, -0.2) is 23.1 Å². The molecule has 0 atom stereocenters. The molecule has 2 N–H and O–H groups in total. The summed E-state index contributed by atoms with van der Waals surface area (Å²) in [6.45, 7) is 1.45. The van der Waals surface area contributed by atoms with Crippen LogP contribution in [0.4, 0.5) is 13.2 Å². The van der Waals surface area contributed by atoms with Gasteiger partial charge < -0.3 is 14.7 Å². The van der Waals surface area contributed by atoms with E-state index in [-0.39, 0.29) is 12.2 Å². The monoisotopic (exact) mass is 401 g/mol. The molecule has 0 spiro atoms. The number of carbonyl (C=O) groups excluding carboxylic acids is 1. The Morgan fingerprint density at radius 3 is 2.41 bits per heavy atom. The predicted octanol–water partition coefficient (Wildman–Crippen LogP) is 3.68. The van der Waals surface area contributed by atoms with Crippen molar-refractivity contribution in [1.82, 2.24) is 18.9 Å². The molecule has 0 saturated heterocycles. The van der Waals surface area contributed by atoms with Gasteiger partial charge in [0.25, 0.3) is 6.43 Å². The van der Waals surface area contributed by atoms with Gasteiger partial charge in [-0.1, -0.05) is 0 Å². The number of carbonyl (C=O) groups is 1. The van der Waals surface area contributed by atoms with Crippen molar-refractivity contribution in [3.05, 3.63) is 66.6 Å². The fraction of sp³-hybridized carbons (Fsp3) is 0.150. The maximum Gasteiger partial charge on any atom is 0.256 e. The smallest absolute Gasteiger partial charge is 0.256 e. The van der Waals surface area contributed by atoms with Gasteiger partial charge in [-0.2, -0.15) is 0 Å². The van der Waals surface area contributed by atoms with Crippen molar-refractivity contribution in [2.24, 2.45) is 5.73 Å². The minimum Gasteiger partial charge on any atom is -0.372 e. The molecule has 3 aromatic heterocycles. The molecule has 6 nitrogen and oxygen atoms in total. The van der Waals surface area contributed by atoms with Gasteiger partial charge in [0, 0.05) is 29.2 Å². The molecule has 4 aromatic rings. The maximum absolute atomic E-state index is 13.3. The van der Waals surface area contributed by atoms with Gasteiger partial charge in [0.2, 0.25) is 6.41 Å². The lowest BCUT2D eigenvalue weighted by atomic mass is 10.1. The molecule has 1 aromatic carbocycles. The Bertz CT molecular complexity index is 1120. The lowest BCUT2D eigenvalue weighted by Gasteiger charge is -2.11. The Kier molecular flexibility index (Phi) is 5.96. The predicted molar refractivity (Wildman–Crippen MR) is 103 cm³/mol. The molecule has 0 radical (unpaired) electrons. The number of fused-ring (bicyclic) bond motifs is 1. The average molecular weight is 401 g/mol. The van der Waals surface area contributed by atoms with Gasteiger partial charge in [-0.05, 0) is 43.3 Å². The van der Waals surface area contributed by atoms with E-state index in [0.29, 0.717) is 17.0 Å². The zero-order valence-electron chi connectivity index (χ0n) is 15.5. The number of aryl methyl sites for hydroxylation is 1. The molecule has 3 heterocycles. The zero-order chi connectivity index (χ0) is 21.0. The van der Waals surface area contributed by atoms with Crippen LogP contribution in [-0.4, -0.2) is 31.8 Å². The van der Waals surface area contributed by atoms with E-state index in [0.717, 1.165) is 16.9 Å². The third kappa shape index (κ3) is 4.29. The summed E-state index contributed by atoms with van der Waals surface area (Å²) in [5.74, 6) is -0.363. The Morgan fingerprint density at radius 1 is 1.10 bits per heavy atom. The van der Waals surface area contributed by atoms with Crippen molar-refractivity contribution in [3.63, 3.8) is 0 Å². The van der Waals surface area contributed by atoms with Crippen LogP contribution in [-0.2, 0) is 11.3 Å². The number of alkyl halides is 2. The number of hydrogen-bond acceptors (Lipinski definition) is 3. The van der Waals surface area contributed by atoms with E-state index < -0.39 is 13.0 Å². The normalized spacial score (nSPS) is 10.8. The van der Waals surface area contributed by atoms with Crippen LogP contribution < -0.4 is 5.73 Å². The Balaban J connectivity index is 0.000000755. The SMILES string of the molecule is Cc1cnc2ccc(-c3c(-c4ccc(F)cc4)ncn3CC(F)F)cn12.NC=O. The van der Waals surface area contributed by atoms with E-state index in [2.05, 4.69) is 15.7 Å². The first-order chi connectivity index (χ1) is 13.9. The second-order valence-electron chi connectivity index (χ2n) is 6.17. The van der Waals surface area contributed by atoms with Crippen molar-refractivity contribution in [2.45, 2.75) is 19.9 Å². The fourth-order valence-corrected chi connectivity index (χ4v) is 3.03. The number of halogens is 3. The van der Waals surface area contributed by atoms with Gasteiger partial charge in [-0.3, -0.25) is 4.79 Å². The van der Waals surface area contributed by atoms with E-state index in [1.165, 1.54) is 23.0 Å². The Labute approximate surface area is 164 Å². The number of hydrogen-bond donors (Lipinski definition) is 1. The summed E-state index contributed by atoms with van der Waals surface area (Å²) in [6.07, 6.45) is 2.73. The fourth-order valence-electron chi connectivity index (χ4n) is 3.03. The second kappa shape index (κ2) is 8.59. The molecular formula is C20H18F3N5O. The maximum atomic E-state index is 13.3. The number of benzene rings is 1. The first-order valence-electron chi connectivity index (χ1n) is 8.63. The van der Waals surface area contributed by atoms with Crippen LogP contribution >= 0.6 is 0 Å². The van der Waals surface area contributed by atoms with Crippen molar-refractivity contribution in [3.8, 4) is 22.5 Å². The number of aromatic nitrogens is 4. The van der Waals surface area contributed by atoms with E-state index in [1.807, 2.05) is 29.7 Å². The number of imidazole rings is 2. The highest BCUT2D eigenvalue weighted by Gasteiger charge is 2.18. The molecule has 150 valence electrons. The number of pyridine rings is 1. The molecule has 0 aliphatic rings. The molecular weight excluding hydrogens is 383 g/mol. The van der Waals surface area contributed by atoms with Crippen LogP contribution in [0.1, 0.15) is 5.69 Å². The summed E-state index contributed by atoms with van der Waals surface area (Å²) in [4.78, 5) is 17.2. The number of amides is 1. The van der Waals surface area contributed by atoms with Crippen molar-refractivity contribution in [2.75, 3.05) is 0 Å². The molecule has 0 aliphatic carbocycles. The molecule has 1 amide bonds. The van der Waals surface area contributed by atoms with Gasteiger partial charge in [0.15, 0.2) is 0 Å². The lowest BCUT2D eigenvalue weighted by Crippen LogP contribution is -2.07. The summed E-state index contributed by atoms with van der Waals surface area (Å²) in [5, 5.41) is 0. The molecule has 4 rings (SSSR count). The van der Waals surface area contributed by atoms with Crippen LogP contribution in [0.15, 0.2) is 55.1 Å². The number of nitrogens with zero attached hydrogens (tertiary/aromatic N) is 4. The van der Waals surface area contributed by atoms with Crippen LogP contribution in [0.5, 0.6) is 0 Å². The van der Waals surface area contributed by atoms with Crippen molar-refractivity contribution in [1.29, 1.82) is 0 Å². The third-order valence-electron chi connectivity index (χ3n) is 4.25. The third-order valence-corrected chi connectivity index (χ3v) is 4.25. The summed E-state index contributed by atoms with van der Waals surface area (Å²) in [5.41, 5.74) is 8.36. The zero-order valence-corrected chi connectivity index (χ0v) is 15.5. The summed E-state index contributed by atoms with van der Waals surface area (Å²) < 4.78 is 42.6. The number of rotatable bonds is 4. The van der Waals surface area contributed by atoms with E-state index in [9.17, 15) is 13.2 Å². The Hall–Kier alpha value is -3.62. The van der Waals surface area contributed by atoms with E-state index >= 15 is 0 Å². The van der Waals surface area contributed by atoms with Crippen molar-refractivity contribution < 1.29 is 18.0 Å². The molecule has 0 unspecified atom stereocenters. The largest absolute Gasteiger partial charge is 0.372 e. The van der Waals surface area contributed by atoms with Gasteiger partial charge in [-0.15, -0.1) is 0 Å². The average Bonchev–Trinajstić information content (AvgIpc) is 3.26. The minimum atomic E-state index is -2.51. The molecule has 29 heavy (non-hydrogen) atoms.